The Labute approximate surface area is 117 Å². The van der Waals surface area contributed by atoms with Crippen molar-refractivity contribution in [3.05, 3.63) is 35.5 Å². The minimum absolute atomic E-state index is 0.144. The molecule has 0 heterocycles. The second kappa shape index (κ2) is 5.73. The van der Waals surface area contributed by atoms with Crippen molar-refractivity contribution in [1.82, 2.24) is 0 Å². The molecule has 0 saturated heterocycles. The summed E-state index contributed by atoms with van der Waals surface area (Å²) >= 11 is 0. The van der Waals surface area contributed by atoms with E-state index in [0.29, 0.717) is 5.57 Å². The molecule has 0 saturated carbocycles. The van der Waals surface area contributed by atoms with Gasteiger partial charge in [0.05, 0.1) is 6.61 Å². The monoisotopic (exact) mass is 280 g/mol. The van der Waals surface area contributed by atoms with Crippen LogP contribution in [0.3, 0.4) is 0 Å². The van der Waals surface area contributed by atoms with Gasteiger partial charge >= 0.3 is 5.97 Å². The van der Waals surface area contributed by atoms with Crippen molar-refractivity contribution in [1.29, 1.82) is 0 Å². The molecule has 1 aliphatic rings. The van der Waals surface area contributed by atoms with Gasteiger partial charge in [0.1, 0.15) is 5.60 Å². The maximum absolute atomic E-state index is 11.6. The molecule has 0 fully saturated rings. The molecule has 1 rings (SSSR count). The van der Waals surface area contributed by atoms with Crippen LogP contribution in [0.5, 0.6) is 0 Å². The highest BCUT2D eigenvalue weighted by Gasteiger charge is 2.47. The molecule has 5 nitrogen and oxygen atoms in total. The van der Waals surface area contributed by atoms with Crippen LogP contribution in [0.2, 0.25) is 0 Å². The molecule has 0 spiro atoms. The van der Waals surface area contributed by atoms with Crippen LogP contribution in [-0.4, -0.2) is 39.3 Å². The first-order chi connectivity index (χ1) is 9.12. The van der Waals surface area contributed by atoms with Crippen molar-refractivity contribution in [3.8, 4) is 0 Å². The fourth-order valence-electron chi connectivity index (χ4n) is 2.35. The van der Waals surface area contributed by atoms with Crippen LogP contribution in [-0.2, 0) is 9.59 Å². The fraction of sp³-hybridized carbons (Fsp3) is 0.467. The van der Waals surface area contributed by atoms with Gasteiger partial charge in [-0.2, -0.15) is 0 Å². The average Bonchev–Trinajstić information content (AvgIpc) is 2.30. The van der Waals surface area contributed by atoms with Gasteiger partial charge in [0.15, 0.2) is 5.78 Å². The smallest absolute Gasteiger partial charge is 0.328 e. The van der Waals surface area contributed by atoms with Gasteiger partial charge in [-0.3, -0.25) is 4.79 Å². The van der Waals surface area contributed by atoms with E-state index < -0.39 is 23.6 Å². The zero-order valence-corrected chi connectivity index (χ0v) is 11.9. The lowest BCUT2D eigenvalue weighted by atomic mass is 9.64. The molecule has 1 aliphatic carbocycles. The topological polar surface area (TPSA) is 94.8 Å². The number of rotatable bonds is 4. The molecule has 1 atom stereocenters. The minimum Gasteiger partial charge on any atom is -0.478 e. The van der Waals surface area contributed by atoms with Gasteiger partial charge in [0.2, 0.25) is 0 Å². The SMILES string of the molecule is CC(/C=C/[C@@]1(O)C(CO)=CC(=O)CC1(C)C)=C\C(=O)O. The molecule has 0 radical (unpaired) electrons. The predicted molar refractivity (Wildman–Crippen MR) is 74.1 cm³/mol. The van der Waals surface area contributed by atoms with Crippen LogP contribution >= 0.6 is 0 Å². The third kappa shape index (κ3) is 3.23. The number of carboxylic acids is 1. The van der Waals surface area contributed by atoms with E-state index in [1.54, 1.807) is 20.8 Å². The molecule has 3 N–H and O–H groups in total. The molecule has 0 aromatic heterocycles. The van der Waals surface area contributed by atoms with E-state index >= 15 is 0 Å². The van der Waals surface area contributed by atoms with Crippen molar-refractivity contribution in [2.75, 3.05) is 6.61 Å². The van der Waals surface area contributed by atoms with E-state index in [2.05, 4.69) is 0 Å². The number of carbonyl (C=O) groups is 2. The van der Waals surface area contributed by atoms with Crippen LogP contribution < -0.4 is 0 Å². The number of aliphatic hydroxyl groups is 2. The fourth-order valence-corrected chi connectivity index (χ4v) is 2.35. The number of hydrogen-bond donors (Lipinski definition) is 3. The van der Waals surface area contributed by atoms with Crippen molar-refractivity contribution >= 4 is 11.8 Å². The molecule has 0 bridgehead atoms. The minimum atomic E-state index is -1.48. The molecule has 0 aromatic rings. The number of aliphatic carboxylic acids is 1. The van der Waals surface area contributed by atoms with Gasteiger partial charge in [0.25, 0.3) is 0 Å². The first-order valence-electron chi connectivity index (χ1n) is 6.30. The quantitative estimate of drug-likeness (QED) is 0.531. The Balaban J connectivity index is 3.22. The molecular formula is C15H20O5. The van der Waals surface area contributed by atoms with Crippen LogP contribution in [0.25, 0.3) is 0 Å². The number of allylic oxidation sites excluding steroid dienone is 3. The van der Waals surface area contributed by atoms with Crippen molar-refractivity contribution in [2.24, 2.45) is 5.41 Å². The molecular weight excluding hydrogens is 260 g/mol. The first-order valence-corrected chi connectivity index (χ1v) is 6.30. The number of carbonyl (C=O) groups excluding carboxylic acids is 1. The van der Waals surface area contributed by atoms with Gasteiger partial charge in [-0.15, -0.1) is 0 Å². The van der Waals surface area contributed by atoms with Crippen LogP contribution in [0.15, 0.2) is 35.5 Å². The van der Waals surface area contributed by atoms with Gasteiger partial charge < -0.3 is 15.3 Å². The van der Waals surface area contributed by atoms with Crippen molar-refractivity contribution < 1.29 is 24.9 Å². The largest absolute Gasteiger partial charge is 0.478 e. The lowest BCUT2D eigenvalue weighted by Gasteiger charge is -2.44. The Morgan fingerprint density at radius 3 is 2.55 bits per heavy atom. The summed E-state index contributed by atoms with van der Waals surface area (Å²) in [5, 5.41) is 28.8. The Hall–Kier alpha value is -1.72. The second-order valence-corrected chi connectivity index (χ2v) is 5.68. The average molecular weight is 280 g/mol. The van der Waals surface area contributed by atoms with Crippen molar-refractivity contribution in [2.45, 2.75) is 32.8 Å². The highest BCUT2D eigenvalue weighted by atomic mass is 16.4. The van der Waals surface area contributed by atoms with Gasteiger partial charge in [0, 0.05) is 17.9 Å². The Morgan fingerprint density at radius 1 is 1.45 bits per heavy atom. The molecule has 0 unspecified atom stereocenters. The van der Waals surface area contributed by atoms with E-state index in [1.807, 2.05) is 0 Å². The lowest BCUT2D eigenvalue weighted by molar-refractivity contribution is -0.131. The number of carboxylic acid groups (broad SMARTS) is 1. The summed E-state index contributed by atoms with van der Waals surface area (Å²) in [6, 6.07) is 0. The standard InChI is InChI=1S/C15H20O5/c1-10(6-13(18)19)4-5-15(20)11(9-16)7-12(17)8-14(15,2)3/h4-7,16,20H,8-9H2,1-3H3,(H,18,19)/b5-4+,10-6+/t15-/m1/s1. The second-order valence-electron chi connectivity index (χ2n) is 5.68. The normalized spacial score (nSPS) is 26.8. The predicted octanol–water partition coefficient (Wildman–Crippen LogP) is 1.22. The van der Waals surface area contributed by atoms with Crippen molar-refractivity contribution in [3.63, 3.8) is 0 Å². The van der Waals surface area contributed by atoms with E-state index in [9.17, 15) is 19.8 Å². The van der Waals surface area contributed by atoms with Crippen LogP contribution in [0.4, 0.5) is 0 Å². The van der Waals surface area contributed by atoms with Crippen LogP contribution in [0.1, 0.15) is 27.2 Å². The summed E-state index contributed by atoms with van der Waals surface area (Å²) in [7, 11) is 0. The molecule has 5 heteroatoms. The maximum Gasteiger partial charge on any atom is 0.328 e. The summed E-state index contributed by atoms with van der Waals surface area (Å²) in [5.41, 5.74) is -1.59. The Kier molecular flexibility index (Phi) is 4.68. The first kappa shape index (κ1) is 16.3. The zero-order chi connectivity index (χ0) is 15.6. The van der Waals surface area contributed by atoms with Gasteiger partial charge in [-0.25, -0.2) is 4.79 Å². The summed E-state index contributed by atoms with van der Waals surface area (Å²) < 4.78 is 0. The van der Waals surface area contributed by atoms with Gasteiger partial charge in [-0.1, -0.05) is 19.9 Å². The lowest BCUT2D eigenvalue weighted by Crippen LogP contribution is -2.49. The highest BCUT2D eigenvalue weighted by molar-refractivity contribution is 5.93. The van der Waals surface area contributed by atoms with Crippen LogP contribution in [0, 0.1) is 5.41 Å². The number of ketones is 1. The van der Waals surface area contributed by atoms with Gasteiger partial charge in [-0.05, 0) is 30.2 Å². The molecule has 20 heavy (non-hydrogen) atoms. The summed E-state index contributed by atoms with van der Waals surface area (Å²) in [6.45, 7) is 4.62. The summed E-state index contributed by atoms with van der Waals surface area (Å²) in [6.07, 6.45) is 5.35. The number of aliphatic hydroxyl groups excluding tert-OH is 1. The Bertz CT molecular complexity index is 510. The molecule has 0 aromatic carbocycles. The third-order valence-electron chi connectivity index (χ3n) is 3.58. The number of hydrogen-bond acceptors (Lipinski definition) is 4. The molecule has 0 aliphatic heterocycles. The molecule has 110 valence electrons. The molecule has 0 amide bonds. The highest BCUT2D eigenvalue weighted by Crippen LogP contribution is 2.44. The Morgan fingerprint density at radius 2 is 2.05 bits per heavy atom. The van der Waals surface area contributed by atoms with E-state index in [1.165, 1.54) is 18.2 Å². The maximum atomic E-state index is 11.6. The van der Waals surface area contributed by atoms with E-state index in [4.69, 9.17) is 5.11 Å². The summed E-state index contributed by atoms with van der Waals surface area (Å²) in [4.78, 5) is 22.2. The summed E-state index contributed by atoms with van der Waals surface area (Å²) in [5.74, 6) is -1.22. The van der Waals surface area contributed by atoms with E-state index in [0.717, 1.165) is 6.08 Å². The third-order valence-corrected chi connectivity index (χ3v) is 3.58. The zero-order valence-electron chi connectivity index (χ0n) is 11.9. The van der Waals surface area contributed by atoms with E-state index in [-0.39, 0.29) is 17.8 Å².